The average Bonchev–Trinajstić information content (AvgIpc) is 2.74. The molecule has 0 fully saturated rings. The molecule has 0 atom stereocenters. The van der Waals surface area contributed by atoms with Gasteiger partial charge in [0.15, 0.2) is 0 Å². The maximum Gasteiger partial charge on any atom is 0.362 e. The van der Waals surface area contributed by atoms with Crippen molar-refractivity contribution in [2.45, 2.75) is 25.7 Å². The van der Waals surface area contributed by atoms with Crippen LogP contribution in [-0.2, 0) is 19.3 Å². The van der Waals surface area contributed by atoms with Crippen molar-refractivity contribution >= 4 is 23.8 Å². The van der Waals surface area contributed by atoms with E-state index in [2.05, 4.69) is 11.0 Å². The lowest BCUT2D eigenvalue weighted by atomic mass is 10.2. The van der Waals surface area contributed by atoms with Gasteiger partial charge >= 0.3 is 11.9 Å². The van der Waals surface area contributed by atoms with Crippen LogP contribution in [0.5, 0.6) is 0 Å². The predicted octanol–water partition coefficient (Wildman–Crippen LogP) is 2.32. The van der Waals surface area contributed by atoms with E-state index in [9.17, 15) is 19.2 Å². The van der Waals surface area contributed by atoms with Crippen LogP contribution in [0.25, 0.3) is 0 Å². The molecule has 0 radical (unpaired) electrons. The van der Waals surface area contributed by atoms with Gasteiger partial charge < -0.3 is 9.68 Å². The summed E-state index contributed by atoms with van der Waals surface area (Å²) in [5, 5.41) is 0. The topological polar surface area (TPSA) is 111 Å². The number of hydrogen-bond donors (Lipinski definition) is 2. The van der Waals surface area contributed by atoms with E-state index in [1.807, 2.05) is 0 Å². The maximum atomic E-state index is 11.7. The molecule has 8 nitrogen and oxygen atoms in total. The van der Waals surface area contributed by atoms with Gasteiger partial charge in [-0.15, -0.1) is 0 Å². The lowest BCUT2D eigenvalue weighted by Crippen LogP contribution is -2.28. The Morgan fingerprint density at radius 3 is 1.32 bits per heavy atom. The Kier molecular flexibility index (Phi) is 8.19. The fraction of sp³-hybridized carbons (Fsp3) is 0.200. The number of hydroxylamine groups is 2. The van der Waals surface area contributed by atoms with Crippen molar-refractivity contribution < 1.29 is 28.9 Å². The van der Waals surface area contributed by atoms with Gasteiger partial charge in [-0.2, -0.15) is 11.0 Å². The number of amides is 2. The zero-order valence-corrected chi connectivity index (χ0v) is 15.1. The van der Waals surface area contributed by atoms with E-state index < -0.39 is 23.8 Å². The summed E-state index contributed by atoms with van der Waals surface area (Å²) in [7, 11) is 0. The summed E-state index contributed by atoms with van der Waals surface area (Å²) in [5.41, 5.74) is 4.79. The molecule has 0 aliphatic heterocycles. The minimum Gasteiger partial charge on any atom is -0.335 e. The first-order valence-electron chi connectivity index (χ1n) is 8.66. The van der Waals surface area contributed by atoms with Crippen molar-refractivity contribution in [2.75, 3.05) is 0 Å². The molecule has 2 aromatic rings. The van der Waals surface area contributed by atoms with Crippen LogP contribution in [0.15, 0.2) is 60.7 Å². The van der Waals surface area contributed by atoms with Crippen molar-refractivity contribution in [2.24, 2.45) is 0 Å². The molecule has 2 rings (SSSR count). The Bertz CT molecular complexity index is 738. The fourth-order valence-corrected chi connectivity index (χ4v) is 2.15. The summed E-state index contributed by atoms with van der Waals surface area (Å²) in [6.45, 7) is 0. The van der Waals surface area contributed by atoms with Gasteiger partial charge in [0.2, 0.25) is 0 Å². The van der Waals surface area contributed by atoms with Crippen molar-refractivity contribution in [1.82, 2.24) is 11.0 Å². The second kappa shape index (κ2) is 11.1. The van der Waals surface area contributed by atoms with Crippen LogP contribution in [0.2, 0.25) is 0 Å². The van der Waals surface area contributed by atoms with Gasteiger partial charge in [0.05, 0.1) is 11.1 Å². The van der Waals surface area contributed by atoms with E-state index in [0.717, 1.165) is 0 Å². The van der Waals surface area contributed by atoms with Gasteiger partial charge in [0, 0.05) is 12.8 Å². The second-order valence-electron chi connectivity index (χ2n) is 5.77. The van der Waals surface area contributed by atoms with Gasteiger partial charge in [-0.3, -0.25) is 9.59 Å². The molecule has 0 bridgehead atoms. The fourth-order valence-electron chi connectivity index (χ4n) is 2.15. The van der Waals surface area contributed by atoms with Crippen molar-refractivity contribution in [3.8, 4) is 0 Å². The summed E-state index contributed by atoms with van der Waals surface area (Å²) < 4.78 is 0. The highest BCUT2D eigenvalue weighted by Crippen LogP contribution is 2.03. The Hall–Kier alpha value is -3.68. The van der Waals surface area contributed by atoms with Gasteiger partial charge in [-0.1, -0.05) is 36.4 Å². The Labute approximate surface area is 161 Å². The molecule has 0 saturated heterocycles. The lowest BCUT2D eigenvalue weighted by Gasteiger charge is -2.06. The number of nitrogens with one attached hydrogen (secondary N) is 2. The molecule has 146 valence electrons. The van der Waals surface area contributed by atoms with E-state index in [1.54, 1.807) is 60.7 Å². The number of hydrogen-bond acceptors (Lipinski definition) is 6. The number of unbranched alkanes of at least 4 members (excludes halogenated alkanes) is 1. The normalized spacial score (nSPS) is 9.86. The van der Waals surface area contributed by atoms with E-state index >= 15 is 0 Å². The smallest absolute Gasteiger partial charge is 0.335 e. The van der Waals surface area contributed by atoms with Gasteiger partial charge in [0.1, 0.15) is 0 Å². The maximum absolute atomic E-state index is 11.7. The van der Waals surface area contributed by atoms with Crippen LogP contribution in [0.4, 0.5) is 0 Å². The minimum atomic E-state index is -0.659. The predicted molar refractivity (Wildman–Crippen MR) is 98.5 cm³/mol. The van der Waals surface area contributed by atoms with E-state index in [0.29, 0.717) is 24.0 Å². The van der Waals surface area contributed by atoms with Crippen LogP contribution in [0.3, 0.4) is 0 Å². The van der Waals surface area contributed by atoms with Gasteiger partial charge in [-0.25, -0.2) is 9.59 Å². The standard InChI is InChI=1S/C20H20N2O6/c23-17(21-27-19(25)15-9-3-1-4-10-15)13-7-8-14-18(24)22-28-20(26)16-11-5-2-6-12-16/h1-6,9-12H,7-8,13-14H2,(H,21,23)(H,22,24). The highest BCUT2D eigenvalue weighted by molar-refractivity contribution is 5.91. The molecule has 0 spiro atoms. The Balaban J connectivity index is 1.55. The summed E-state index contributed by atoms with van der Waals surface area (Å²) in [5.74, 6) is -2.26. The molecule has 0 aromatic heterocycles. The van der Waals surface area contributed by atoms with Gasteiger partial charge in [-0.05, 0) is 37.1 Å². The zero-order valence-electron chi connectivity index (χ0n) is 15.1. The Morgan fingerprint density at radius 1 is 0.607 bits per heavy atom. The van der Waals surface area contributed by atoms with Crippen LogP contribution in [0.1, 0.15) is 46.4 Å². The van der Waals surface area contributed by atoms with Crippen LogP contribution in [-0.4, -0.2) is 23.8 Å². The molecular weight excluding hydrogens is 364 g/mol. The molecule has 28 heavy (non-hydrogen) atoms. The molecule has 0 aliphatic rings. The first-order chi connectivity index (χ1) is 13.6. The van der Waals surface area contributed by atoms with Crippen LogP contribution >= 0.6 is 0 Å². The molecular formula is C20H20N2O6. The van der Waals surface area contributed by atoms with E-state index in [4.69, 9.17) is 9.68 Å². The molecule has 0 saturated carbocycles. The number of rotatable bonds is 7. The molecule has 2 N–H and O–H groups in total. The van der Waals surface area contributed by atoms with Crippen LogP contribution < -0.4 is 11.0 Å². The van der Waals surface area contributed by atoms with Crippen molar-refractivity contribution in [3.05, 3.63) is 71.8 Å². The number of carbonyl (C=O) groups excluding carboxylic acids is 4. The zero-order chi connectivity index (χ0) is 20.2. The molecule has 2 amide bonds. The SMILES string of the molecule is O=C(CCCCC(=O)NOC(=O)c1ccccc1)NOC(=O)c1ccccc1. The Morgan fingerprint density at radius 2 is 0.964 bits per heavy atom. The van der Waals surface area contributed by atoms with Crippen molar-refractivity contribution in [3.63, 3.8) is 0 Å². The van der Waals surface area contributed by atoms with Crippen LogP contribution in [0, 0.1) is 0 Å². The largest absolute Gasteiger partial charge is 0.362 e. The third-order valence-corrected chi connectivity index (χ3v) is 3.59. The molecule has 0 heterocycles. The molecule has 0 aliphatic carbocycles. The summed E-state index contributed by atoms with van der Waals surface area (Å²) in [4.78, 5) is 56.0. The quantitative estimate of drug-likeness (QED) is 0.560. The number of carbonyl (C=O) groups is 4. The molecule has 0 unspecified atom stereocenters. The number of benzene rings is 2. The first kappa shape index (κ1) is 20.6. The third kappa shape index (κ3) is 7.28. The highest BCUT2D eigenvalue weighted by Gasteiger charge is 2.11. The third-order valence-electron chi connectivity index (χ3n) is 3.59. The van der Waals surface area contributed by atoms with E-state index in [-0.39, 0.29) is 12.8 Å². The van der Waals surface area contributed by atoms with Crippen molar-refractivity contribution in [1.29, 1.82) is 0 Å². The monoisotopic (exact) mass is 384 g/mol. The summed E-state index contributed by atoms with van der Waals surface area (Å²) in [6, 6.07) is 16.5. The highest BCUT2D eigenvalue weighted by atomic mass is 16.7. The average molecular weight is 384 g/mol. The lowest BCUT2D eigenvalue weighted by molar-refractivity contribution is -0.131. The second-order valence-corrected chi connectivity index (χ2v) is 5.77. The van der Waals surface area contributed by atoms with E-state index in [1.165, 1.54) is 0 Å². The summed E-state index contributed by atoms with van der Waals surface area (Å²) in [6.07, 6.45) is 0.960. The summed E-state index contributed by atoms with van der Waals surface area (Å²) >= 11 is 0. The molecule has 8 heteroatoms. The first-order valence-corrected chi connectivity index (χ1v) is 8.66. The molecule has 2 aromatic carbocycles. The minimum absolute atomic E-state index is 0.0825. The van der Waals surface area contributed by atoms with Gasteiger partial charge in [0.25, 0.3) is 11.8 Å².